The van der Waals surface area contributed by atoms with Crippen LogP contribution in [0.25, 0.3) is 0 Å². The molecule has 1 unspecified atom stereocenters. The zero-order valence-corrected chi connectivity index (χ0v) is 12.6. The Kier molecular flexibility index (Phi) is 3.44. The van der Waals surface area contributed by atoms with E-state index in [0.29, 0.717) is 16.9 Å². The average Bonchev–Trinajstić information content (AvgIpc) is 2.48. The largest absolute Gasteiger partial charge is 0.506 e. The number of aromatic hydroxyl groups is 1. The molecule has 0 bridgehead atoms. The summed E-state index contributed by atoms with van der Waals surface area (Å²) in [5.74, 6) is -0.00324. The number of ether oxygens (including phenoxy) is 1. The first-order valence-electron chi connectivity index (χ1n) is 6.68. The third-order valence-corrected chi connectivity index (χ3v) is 3.96. The minimum absolute atomic E-state index is 0.0447. The number of phenolic OH excluding ortho intramolecular Hbond substituents is 1. The topological polar surface area (TPSA) is 79.3 Å². The summed E-state index contributed by atoms with van der Waals surface area (Å²) < 4.78 is 5.47. The summed E-state index contributed by atoms with van der Waals surface area (Å²) in [7, 11) is 0. The Morgan fingerprint density at radius 1 is 1.32 bits per heavy atom. The fourth-order valence-electron chi connectivity index (χ4n) is 2.66. The van der Waals surface area contributed by atoms with Gasteiger partial charge in [-0.1, -0.05) is 41.4 Å². The highest BCUT2D eigenvalue weighted by molar-refractivity contribution is 6.32. The van der Waals surface area contributed by atoms with Gasteiger partial charge in [0.25, 0.3) is 0 Å². The van der Waals surface area contributed by atoms with Gasteiger partial charge in [0, 0.05) is 11.6 Å². The third kappa shape index (κ3) is 2.26. The van der Waals surface area contributed by atoms with E-state index in [1.807, 2.05) is 31.2 Å². The van der Waals surface area contributed by atoms with Crippen LogP contribution in [-0.2, 0) is 0 Å². The van der Waals surface area contributed by atoms with Crippen molar-refractivity contribution in [3.05, 3.63) is 69.6 Å². The normalized spacial score (nSPS) is 16.7. The van der Waals surface area contributed by atoms with Gasteiger partial charge in [-0.15, -0.1) is 0 Å². The van der Waals surface area contributed by atoms with Crippen LogP contribution in [0.15, 0.2) is 47.9 Å². The van der Waals surface area contributed by atoms with E-state index < -0.39 is 0 Å². The number of benzene rings is 2. The first-order valence-corrected chi connectivity index (χ1v) is 7.05. The fourth-order valence-corrected chi connectivity index (χ4v) is 2.83. The quantitative estimate of drug-likeness (QED) is 0.843. The SMILES string of the molecule is Cc1cccc(C2C(C#N)=C(N)Oc3cc(O)c(Cl)cc32)c1. The molecule has 4 nitrogen and oxygen atoms in total. The maximum atomic E-state index is 9.75. The fraction of sp³-hybridized carbons (Fsp3) is 0.118. The van der Waals surface area contributed by atoms with Gasteiger partial charge in [-0.3, -0.25) is 0 Å². The summed E-state index contributed by atoms with van der Waals surface area (Å²) in [6, 6.07) is 13.0. The zero-order chi connectivity index (χ0) is 15.9. The zero-order valence-electron chi connectivity index (χ0n) is 11.8. The molecule has 3 rings (SSSR count). The molecule has 110 valence electrons. The highest BCUT2D eigenvalue weighted by Crippen LogP contribution is 2.45. The summed E-state index contributed by atoms with van der Waals surface area (Å²) in [5, 5.41) is 19.4. The maximum Gasteiger partial charge on any atom is 0.205 e. The van der Waals surface area contributed by atoms with Crippen molar-refractivity contribution in [1.29, 1.82) is 5.26 Å². The number of phenols is 1. The van der Waals surface area contributed by atoms with Crippen LogP contribution in [0.3, 0.4) is 0 Å². The van der Waals surface area contributed by atoms with E-state index >= 15 is 0 Å². The van der Waals surface area contributed by atoms with Crippen molar-refractivity contribution in [1.82, 2.24) is 0 Å². The van der Waals surface area contributed by atoms with E-state index in [9.17, 15) is 10.4 Å². The number of nitrogens with zero attached hydrogens (tertiary/aromatic N) is 1. The Bertz CT molecular complexity index is 837. The molecule has 0 aromatic heterocycles. The number of nitriles is 1. The molecular weight excluding hydrogens is 300 g/mol. The second kappa shape index (κ2) is 5.28. The van der Waals surface area contributed by atoms with Gasteiger partial charge >= 0.3 is 0 Å². The molecule has 2 aromatic rings. The van der Waals surface area contributed by atoms with Gasteiger partial charge in [-0.25, -0.2) is 0 Å². The number of allylic oxidation sites excluding steroid dienone is 1. The summed E-state index contributed by atoms with van der Waals surface area (Å²) in [6.07, 6.45) is 0. The lowest BCUT2D eigenvalue weighted by molar-refractivity contribution is 0.388. The molecule has 0 saturated heterocycles. The maximum absolute atomic E-state index is 9.75. The van der Waals surface area contributed by atoms with Crippen LogP contribution in [-0.4, -0.2) is 5.11 Å². The molecule has 0 radical (unpaired) electrons. The van der Waals surface area contributed by atoms with Gasteiger partial charge in [0.1, 0.15) is 23.1 Å². The second-order valence-electron chi connectivity index (χ2n) is 5.18. The van der Waals surface area contributed by atoms with E-state index in [2.05, 4.69) is 6.07 Å². The Balaban J connectivity index is 2.27. The predicted molar refractivity (Wildman–Crippen MR) is 83.6 cm³/mol. The first kappa shape index (κ1) is 14.3. The van der Waals surface area contributed by atoms with Crippen molar-refractivity contribution in [3.8, 4) is 17.6 Å². The van der Waals surface area contributed by atoms with Crippen molar-refractivity contribution < 1.29 is 9.84 Å². The summed E-state index contributed by atoms with van der Waals surface area (Å²) in [5.41, 5.74) is 8.92. The van der Waals surface area contributed by atoms with Gasteiger partial charge in [0.05, 0.1) is 10.9 Å². The number of hydrogen-bond acceptors (Lipinski definition) is 4. The molecule has 1 atom stereocenters. The van der Waals surface area contributed by atoms with Gasteiger partial charge < -0.3 is 15.6 Å². The molecule has 0 saturated carbocycles. The van der Waals surface area contributed by atoms with Crippen molar-refractivity contribution in [2.75, 3.05) is 0 Å². The van der Waals surface area contributed by atoms with Crippen molar-refractivity contribution in [2.24, 2.45) is 5.73 Å². The van der Waals surface area contributed by atoms with Crippen LogP contribution in [0.5, 0.6) is 11.5 Å². The molecule has 5 heteroatoms. The molecular formula is C17H13ClN2O2. The number of aryl methyl sites for hydroxylation is 1. The van der Waals surface area contributed by atoms with Crippen molar-refractivity contribution >= 4 is 11.6 Å². The van der Waals surface area contributed by atoms with Crippen LogP contribution >= 0.6 is 11.6 Å². The lowest BCUT2D eigenvalue weighted by Crippen LogP contribution is -2.21. The van der Waals surface area contributed by atoms with E-state index in [0.717, 1.165) is 11.1 Å². The van der Waals surface area contributed by atoms with Crippen molar-refractivity contribution in [2.45, 2.75) is 12.8 Å². The predicted octanol–water partition coefficient (Wildman–Crippen LogP) is 3.57. The van der Waals surface area contributed by atoms with E-state index in [-0.39, 0.29) is 22.6 Å². The van der Waals surface area contributed by atoms with Crippen LogP contribution in [0.2, 0.25) is 5.02 Å². The molecule has 3 N–H and O–H groups in total. The van der Waals surface area contributed by atoms with E-state index in [1.165, 1.54) is 6.07 Å². The highest BCUT2D eigenvalue weighted by Gasteiger charge is 2.31. The number of fused-ring (bicyclic) bond motifs is 1. The van der Waals surface area contributed by atoms with Crippen LogP contribution < -0.4 is 10.5 Å². The molecule has 22 heavy (non-hydrogen) atoms. The number of rotatable bonds is 1. The standard InChI is InChI=1S/C17H13ClN2O2/c1-9-3-2-4-10(5-9)16-11-6-13(18)14(21)7-15(11)22-17(20)12(16)8-19/h2-7,16,21H,20H2,1H3. The van der Waals surface area contributed by atoms with Gasteiger partial charge in [-0.05, 0) is 18.6 Å². The van der Waals surface area contributed by atoms with Gasteiger partial charge in [0.2, 0.25) is 5.88 Å². The minimum atomic E-state index is -0.369. The lowest BCUT2D eigenvalue weighted by atomic mass is 9.83. The minimum Gasteiger partial charge on any atom is -0.506 e. The molecule has 1 aliphatic heterocycles. The van der Waals surface area contributed by atoms with E-state index in [1.54, 1.807) is 6.07 Å². The summed E-state index contributed by atoms with van der Waals surface area (Å²) in [6.45, 7) is 1.98. The smallest absolute Gasteiger partial charge is 0.205 e. The first-order chi connectivity index (χ1) is 10.5. The molecule has 1 heterocycles. The lowest BCUT2D eigenvalue weighted by Gasteiger charge is -2.27. The summed E-state index contributed by atoms with van der Waals surface area (Å²) >= 11 is 6.02. The number of hydrogen-bond donors (Lipinski definition) is 2. The van der Waals surface area contributed by atoms with Crippen LogP contribution in [0, 0.1) is 18.3 Å². The average molecular weight is 313 g/mol. The van der Waals surface area contributed by atoms with Crippen LogP contribution in [0.4, 0.5) is 0 Å². The molecule has 0 amide bonds. The highest BCUT2D eigenvalue weighted by atomic mass is 35.5. The van der Waals surface area contributed by atoms with Crippen molar-refractivity contribution in [3.63, 3.8) is 0 Å². The number of halogens is 1. The van der Waals surface area contributed by atoms with E-state index in [4.69, 9.17) is 22.1 Å². The monoisotopic (exact) mass is 312 g/mol. The Hall–Kier alpha value is -2.64. The Morgan fingerprint density at radius 2 is 2.09 bits per heavy atom. The molecule has 0 fully saturated rings. The molecule has 0 aliphatic carbocycles. The van der Waals surface area contributed by atoms with Gasteiger partial charge in [-0.2, -0.15) is 5.26 Å². The van der Waals surface area contributed by atoms with Gasteiger partial charge in [0.15, 0.2) is 0 Å². The second-order valence-corrected chi connectivity index (χ2v) is 5.59. The Labute approximate surface area is 133 Å². The van der Waals surface area contributed by atoms with Crippen LogP contribution in [0.1, 0.15) is 22.6 Å². The Morgan fingerprint density at radius 3 is 2.77 bits per heavy atom. The third-order valence-electron chi connectivity index (χ3n) is 3.66. The molecule has 2 aromatic carbocycles. The molecule has 0 spiro atoms. The number of nitrogens with two attached hydrogens (primary N) is 1. The summed E-state index contributed by atoms with van der Waals surface area (Å²) in [4.78, 5) is 0. The molecule has 1 aliphatic rings.